The molecule has 1 heterocycles. The van der Waals surface area contributed by atoms with Crippen LogP contribution in [-0.2, 0) is 0 Å². The first-order valence-electron chi connectivity index (χ1n) is 6.16. The van der Waals surface area contributed by atoms with E-state index in [1.54, 1.807) is 29.7 Å². The fourth-order valence-electron chi connectivity index (χ4n) is 2.23. The first-order valence-corrected chi connectivity index (χ1v) is 7.24. The molecule has 3 aromatic rings. The second-order valence-corrected chi connectivity index (χ2v) is 5.49. The predicted octanol–water partition coefficient (Wildman–Crippen LogP) is 2.91. The average Bonchev–Trinajstić information content (AvgIpc) is 2.51. The molecule has 0 fully saturated rings. The van der Waals surface area contributed by atoms with Crippen molar-refractivity contribution in [3.05, 3.63) is 50.3 Å². The van der Waals surface area contributed by atoms with Crippen molar-refractivity contribution in [1.29, 1.82) is 0 Å². The summed E-state index contributed by atoms with van der Waals surface area (Å²) in [4.78, 5) is 18.6. The number of nitrogens with zero attached hydrogens (tertiary/aromatic N) is 1. The van der Waals surface area contributed by atoms with Crippen LogP contribution < -0.4 is 10.3 Å². The summed E-state index contributed by atoms with van der Waals surface area (Å²) in [6, 6.07) is 11.5. The normalized spacial score (nSPS) is 10.8. The van der Waals surface area contributed by atoms with Crippen molar-refractivity contribution in [2.45, 2.75) is 0 Å². The van der Waals surface area contributed by atoms with Gasteiger partial charge >= 0.3 is 0 Å². The maximum absolute atomic E-state index is 11.9. The highest BCUT2D eigenvalue weighted by atomic mass is 127. The summed E-state index contributed by atoms with van der Waals surface area (Å²) in [5.41, 5.74) is 0.271. The van der Waals surface area contributed by atoms with E-state index in [9.17, 15) is 9.90 Å². The number of aromatic amines is 1. The SMILES string of the molecule is COc1ccc2ccccc2c1-c1nc(O)c(I)c(=O)[nH]1. The lowest BCUT2D eigenvalue weighted by molar-refractivity contribution is 0.416. The van der Waals surface area contributed by atoms with E-state index in [1.807, 2.05) is 36.4 Å². The van der Waals surface area contributed by atoms with Gasteiger partial charge < -0.3 is 14.8 Å². The zero-order valence-electron chi connectivity index (χ0n) is 11.1. The maximum Gasteiger partial charge on any atom is 0.268 e. The molecule has 0 saturated carbocycles. The van der Waals surface area contributed by atoms with Gasteiger partial charge in [0.25, 0.3) is 5.56 Å². The second kappa shape index (κ2) is 5.36. The van der Waals surface area contributed by atoms with Gasteiger partial charge in [-0.3, -0.25) is 4.79 Å². The molecule has 106 valence electrons. The van der Waals surface area contributed by atoms with Crippen LogP contribution in [0.25, 0.3) is 22.2 Å². The lowest BCUT2D eigenvalue weighted by Gasteiger charge is -2.11. The van der Waals surface area contributed by atoms with Crippen molar-refractivity contribution in [2.75, 3.05) is 7.11 Å². The monoisotopic (exact) mass is 394 g/mol. The molecule has 5 nitrogen and oxygen atoms in total. The number of nitrogens with one attached hydrogen (secondary N) is 1. The second-order valence-electron chi connectivity index (χ2n) is 4.42. The van der Waals surface area contributed by atoms with Crippen molar-refractivity contribution >= 4 is 33.4 Å². The quantitative estimate of drug-likeness (QED) is 0.656. The number of hydrogen-bond acceptors (Lipinski definition) is 4. The number of ether oxygens (including phenoxy) is 1. The van der Waals surface area contributed by atoms with Crippen molar-refractivity contribution in [3.63, 3.8) is 0 Å². The van der Waals surface area contributed by atoms with Gasteiger partial charge in [0.2, 0.25) is 5.88 Å². The van der Waals surface area contributed by atoms with Crippen LogP contribution in [0.4, 0.5) is 0 Å². The van der Waals surface area contributed by atoms with Gasteiger partial charge in [0.05, 0.1) is 12.7 Å². The number of fused-ring (bicyclic) bond motifs is 1. The zero-order chi connectivity index (χ0) is 15.0. The Kier molecular flexibility index (Phi) is 3.54. The van der Waals surface area contributed by atoms with E-state index in [4.69, 9.17) is 4.74 Å². The van der Waals surface area contributed by atoms with Crippen LogP contribution >= 0.6 is 22.6 Å². The molecule has 6 heteroatoms. The Morgan fingerprint density at radius 2 is 2.00 bits per heavy atom. The largest absolute Gasteiger partial charge is 0.496 e. The first-order chi connectivity index (χ1) is 10.1. The van der Waals surface area contributed by atoms with Crippen LogP contribution in [0.3, 0.4) is 0 Å². The third-order valence-electron chi connectivity index (χ3n) is 3.19. The summed E-state index contributed by atoms with van der Waals surface area (Å²) in [5.74, 6) is 0.577. The van der Waals surface area contributed by atoms with E-state index in [1.165, 1.54) is 0 Å². The molecule has 0 aliphatic rings. The molecule has 0 saturated heterocycles. The van der Waals surface area contributed by atoms with E-state index >= 15 is 0 Å². The van der Waals surface area contributed by atoms with Gasteiger partial charge in [0.1, 0.15) is 15.1 Å². The smallest absolute Gasteiger partial charge is 0.268 e. The number of aromatic nitrogens is 2. The molecule has 0 unspecified atom stereocenters. The maximum atomic E-state index is 11.9. The zero-order valence-corrected chi connectivity index (χ0v) is 13.2. The number of H-pyrrole nitrogens is 1. The minimum absolute atomic E-state index is 0.163. The Morgan fingerprint density at radius 3 is 2.71 bits per heavy atom. The highest BCUT2D eigenvalue weighted by Gasteiger charge is 2.15. The molecule has 1 aromatic heterocycles. The number of hydrogen-bond donors (Lipinski definition) is 2. The highest BCUT2D eigenvalue weighted by molar-refractivity contribution is 14.1. The lowest BCUT2D eigenvalue weighted by atomic mass is 10.0. The van der Waals surface area contributed by atoms with Crippen LogP contribution in [-0.4, -0.2) is 22.2 Å². The van der Waals surface area contributed by atoms with Gasteiger partial charge in [-0.1, -0.05) is 30.3 Å². The first kappa shape index (κ1) is 13.9. The van der Waals surface area contributed by atoms with E-state index in [-0.39, 0.29) is 20.8 Å². The minimum atomic E-state index is -0.381. The summed E-state index contributed by atoms with van der Waals surface area (Å²) < 4.78 is 5.53. The molecule has 2 aromatic carbocycles. The summed E-state index contributed by atoms with van der Waals surface area (Å²) in [5, 5.41) is 11.7. The molecule has 0 aliphatic heterocycles. The van der Waals surface area contributed by atoms with E-state index in [2.05, 4.69) is 9.97 Å². The van der Waals surface area contributed by atoms with Gasteiger partial charge in [-0.25, -0.2) is 0 Å². The summed E-state index contributed by atoms with van der Waals surface area (Å²) >= 11 is 1.75. The Hall–Kier alpha value is -2.09. The molecular weight excluding hydrogens is 383 g/mol. The Labute approximate surface area is 133 Å². The molecule has 2 N–H and O–H groups in total. The highest BCUT2D eigenvalue weighted by Crippen LogP contribution is 2.35. The number of halogens is 1. The molecule has 0 atom stereocenters. The predicted molar refractivity (Wildman–Crippen MR) is 88.7 cm³/mol. The summed E-state index contributed by atoms with van der Waals surface area (Å²) in [6.07, 6.45) is 0. The third kappa shape index (κ3) is 2.35. The summed E-state index contributed by atoms with van der Waals surface area (Å²) in [6.45, 7) is 0. The third-order valence-corrected chi connectivity index (χ3v) is 4.17. The van der Waals surface area contributed by atoms with Gasteiger partial charge in [-0.15, -0.1) is 0 Å². The van der Waals surface area contributed by atoms with E-state index in [0.717, 1.165) is 10.8 Å². The van der Waals surface area contributed by atoms with Crippen LogP contribution in [0.2, 0.25) is 0 Å². The number of rotatable bonds is 2. The molecule has 3 rings (SSSR count). The Balaban J connectivity index is 2.41. The fourth-order valence-corrected chi connectivity index (χ4v) is 2.49. The van der Waals surface area contributed by atoms with Gasteiger partial charge in [0, 0.05) is 0 Å². The lowest BCUT2D eigenvalue weighted by Crippen LogP contribution is -2.12. The molecule has 0 aliphatic carbocycles. The molecule has 21 heavy (non-hydrogen) atoms. The fraction of sp³-hybridized carbons (Fsp3) is 0.0667. The molecule has 0 radical (unpaired) electrons. The number of methoxy groups -OCH3 is 1. The molecule has 0 bridgehead atoms. The van der Waals surface area contributed by atoms with Crippen molar-refractivity contribution in [3.8, 4) is 23.0 Å². The van der Waals surface area contributed by atoms with Crippen molar-refractivity contribution in [1.82, 2.24) is 9.97 Å². The van der Waals surface area contributed by atoms with Crippen molar-refractivity contribution < 1.29 is 9.84 Å². The van der Waals surface area contributed by atoms with Crippen LogP contribution in [0.5, 0.6) is 11.6 Å². The van der Waals surface area contributed by atoms with E-state index in [0.29, 0.717) is 11.3 Å². The Morgan fingerprint density at radius 1 is 1.24 bits per heavy atom. The molecule has 0 amide bonds. The van der Waals surface area contributed by atoms with Gasteiger partial charge in [-0.2, -0.15) is 4.98 Å². The van der Waals surface area contributed by atoms with Crippen LogP contribution in [0, 0.1) is 3.57 Å². The summed E-state index contributed by atoms with van der Waals surface area (Å²) in [7, 11) is 1.55. The van der Waals surface area contributed by atoms with Crippen LogP contribution in [0.15, 0.2) is 41.2 Å². The van der Waals surface area contributed by atoms with E-state index < -0.39 is 0 Å². The average molecular weight is 394 g/mol. The topological polar surface area (TPSA) is 75.2 Å². The minimum Gasteiger partial charge on any atom is -0.496 e. The van der Waals surface area contributed by atoms with Crippen molar-refractivity contribution in [2.24, 2.45) is 0 Å². The number of aromatic hydroxyl groups is 1. The molecular formula is C15H11IN2O3. The molecule has 0 spiro atoms. The van der Waals surface area contributed by atoms with Gasteiger partial charge in [0.15, 0.2) is 0 Å². The van der Waals surface area contributed by atoms with Crippen LogP contribution in [0.1, 0.15) is 0 Å². The number of benzene rings is 2. The standard InChI is InChI=1S/C15H11IN2O3/c1-21-10-7-6-8-4-2-3-5-9(8)11(10)13-17-14(19)12(16)15(20)18-13/h2-7H,1H3,(H2,17,18,19,20). The Bertz CT molecular complexity index is 890. The van der Waals surface area contributed by atoms with Gasteiger partial charge in [-0.05, 0) is 39.4 Å².